The van der Waals surface area contributed by atoms with Crippen molar-refractivity contribution in [2.24, 2.45) is 0 Å². The molecule has 2 N–H and O–H groups in total. The summed E-state index contributed by atoms with van der Waals surface area (Å²) in [5, 5.41) is 13.4. The van der Waals surface area contributed by atoms with Gasteiger partial charge in [-0.1, -0.05) is 63.4 Å². The van der Waals surface area contributed by atoms with Crippen LogP contribution in [0.2, 0.25) is 0 Å². The summed E-state index contributed by atoms with van der Waals surface area (Å²) in [6, 6.07) is 16.0. The second-order valence-electron chi connectivity index (χ2n) is 10.3. The van der Waals surface area contributed by atoms with Crippen LogP contribution >= 0.6 is 0 Å². The molecule has 2 atom stereocenters. The molecule has 1 aromatic heterocycles. The van der Waals surface area contributed by atoms with E-state index in [1.807, 2.05) is 44.2 Å². The first-order valence-electron chi connectivity index (χ1n) is 13.7. The molecule has 41 heavy (non-hydrogen) atoms. The second-order valence-corrected chi connectivity index (χ2v) is 10.3. The highest BCUT2D eigenvalue weighted by molar-refractivity contribution is 6.00. The predicted molar refractivity (Wildman–Crippen MR) is 160 cm³/mol. The number of ether oxygens (including phenoxy) is 1. The number of hydrogen-bond acceptors (Lipinski definition) is 5. The third-order valence-electron chi connectivity index (χ3n) is 7.08. The zero-order valence-corrected chi connectivity index (χ0v) is 23.4. The Morgan fingerprint density at radius 3 is 2.46 bits per heavy atom. The van der Waals surface area contributed by atoms with Gasteiger partial charge in [-0.25, -0.2) is 9.18 Å². The maximum Gasteiger partial charge on any atom is 0.308 e. The highest BCUT2D eigenvalue weighted by atomic mass is 19.1. The lowest BCUT2D eigenvalue weighted by atomic mass is 9.93. The Bertz CT molecular complexity index is 1500. The normalized spacial score (nSPS) is 17.1. The summed E-state index contributed by atoms with van der Waals surface area (Å²) in [4.78, 5) is 24.7. The molecule has 0 bridgehead atoms. The molecule has 0 spiro atoms. The van der Waals surface area contributed by atoms with Crippen LogP contribution in [0.15, 0.2) is 91.7 Å². The molecule has 212 valence electrons. The van der Waals surface area contributed by atoms with E-state index in [1.165, 1.54) is 12.1 Å². The number of aromatic nitrogens is 1. The van der Waals surface area contributed by atoms with Gasteiger partial charge >= 0.3 is 5.97 Å². The molecule has 0 aliphatic carbocycles. The minimum absolute atomic E-state index is 0.0105. The molecule has 1 saturated heterocycles. The molecular weight excluding hydrogens is 519 g/mol. The third kappa shape index (κ3) is 6.65. The molecule has 1 aliphatic heterocycles. The Kier molecular flexibility index (Phi) is 9.56. The van der Waals surface area contributed by atoms with Gasteiger partial charge in [0.1, 0.15) is 17.6 Å². The Morgan fingerprint density at radius 1 is 1.17 bits per heavy atom. The smallest absolute Gasteiger partial charge is 0.308 e. The van der Waals surface area contributed by atoms with Crippen LogP contribution in [0.25, 0.3) is 28.1 Å². The predicted octanol–water partition coefficient (Wildman–Crippen LogP) is 6.56. The molecule has 1 aliphatic rings. The number of cyclic esters (lactones) is 1. The Balaban J connectivity index is 2.01. The van der Waals surface area contributed by atoms with Crippen molar-refractivity contribution < 1.29 is 23.8 Å². The van der Waals surface area contributed by atoms with Gasteiger partial charge in [-0.15, -0.1) is 0 Å². The first-order chi connectivity index (χ1) is 19.8. The minimum Gasteiger partial charge on any atom is -0.462 e. The van der Waals surface area contributed by atoms with Gasteiger partial charge in [0.15, 0.2) is 5.94 Å². The maximum atomic E-state index is 14.1. The van der Waals surface area contributed by atoms with Gasteiger partial charge in [0.2, 0.25) is 0 Å². The lowest BCUT2D eigenvalue weighted by Crippen LogP contribution is -2.33. The molecule has 0 radical (unpaired) electrons. The highest BCUT2D eigenvalue weighted by Crippen LogP contribution is 2.44. The molecule has 3 aromatic rings. The van der Waals surface area contributed by atoms with Gasteiger partial charge < -0.3 is 19.7 Å². The number of aliphatic hydroxyl groups is 1. The van der Waals surface area contributed by atoms with Crippen LogP contribution in [-0.2, 0) is 20.9 Å². The number of nitrogens with zero attached hydrogens (tertiary/aromatic N) is 1. The zero-order chi connectivity index (χ0) is 29.5. The largest absolute Gasteiger partial charge is 0.462 e. The fourth-order valence-corrected chi connectivity index (χ4v) is 5.40. The molecule has 1 unspecified atom stereocenters. The average Bonchev–Trinajstić information content (AvgIpc) is 3.29. The average molecular weight is 555 g/mol. The number of halogens is 1. The van der Waals surface area contributed by atoms with Gasteiger partial charge in [0.05, 0.1) is 18.2 Å². The van der Waals surface area contributed by atoms with E-state index in [0.29, 0.717) is 30.6 Å². The van der Waals surface area contributed by atoms with Crippen molar-refractivity contribution in [2.75, 3.05) is 0 Å². The number of benzene rings is 2. The van der Waals surface area contributed by atoms with E-state index in [1.54, 1.807) is 30.4 Å². The summed E-state index contributed by atoms with van der Waals surface area (Å²) < 4.78 is 21.7. The summed E-state index contributed by atoms with van der Waals surface area (Å²) in [6.07, 6.45) is 4.49. The molecule has 6 nitrogen and oxygen atoms in total. The van der Waals surface area contributed by atoms with E-state index >= 15 is 0 Å². The lowest BCUT2D eigenvalue weighted by Gasteiger charge is -2.27. The monoisotopic (exact) mass is 554 g/mol. The number of carbonyl (C=O) groups excluding carboxylic acids is 2. The highest BCUT2D eigenvalue weighted by Gasteiger charge is 2.31. The molecule has 2 heterocycles. The molecule has 2 aromatic carbocycles. The van der Waals surface area contributed by atoms with Crippen molar-refractivity contribution in [1.29, 1.82) is 0 Å². The van der Waals surface area contributed by atoms with E-state index in [9.17, 15) is 19.1 Å². The van der Waals surface area contributed by atoms with E-state index in [-0.39, 0.29) is 23.9 Å². The van der Waals surface area contributed by atoms with Gasteiger partial charge in [0.25, 0.3) is 0 Å². The number of allylic oxidation sites excluding steroid dienone is 3. The number of esters is 1. The number of carbonyl (C=O) groups is 1. The minimum atomic E-state index is -0.745. The summed E-state index contributed by atoms with van der Waals surface area (Å²) >= 11 is 0. The van der Waals surface area contributed by atoms with Crippen LogP contribution in [0.4, 0.5) is 4.39 Å². The fourth-order valence-electron chi connectivity index (χ4n) is 5.40. The Hall–Kier alpha value is -4.45. The van der Waals surface area contributed by atoms with Gasteiger partial charge in [0, 0.05) is 41.9 Å². The van der Waals surface area contributed by atoms with Crippen molar-refractivity contribution >= 4 is 17.6 Å². The van der Waals surface area contributed by atoms with Gasteiger partial charge in [-0.2, -0.15) is 0 Å². The quantitative estimate of drug-likeness (QED) is 0.159. The summed E-state index contributed by atoms with van der Waals surface area (Å²) in [7, 11) is 0. The molecule has 7 heteroatoms. The van der Waals surface area contributed by atoms with Crippen molar-refractivity contribution in [3.8, 4) is 22.4 Å². The Labute approximate surface area is 240 Å². The standard InChI is InChI=1S/C34H35FN2O4/c1-5-10-26(6-2)36-29(21-38)32-31(23-11-8-7-9-12-23)34(24-13-15-25(35)16-14-24)37(33(32)22(3)4)18-17-28-19-27(39)20-30(40)41-28/h5-16,22,27-28,36,39H,1-2,17-20H2,3-4H3/b26-10+/t27?,28-/m1/s1. The van der Waals surface area contributed by atoms with Crippen LogP contribution in [-0.4, -0.2) is 33.8 Å². The molecule has 0 saturated carbocycles. The summed E-state index contributed by atoms with van der Waals surface area (Å²) in [5.41, 5.74) is 5.53. The van der Waals surface area contributed by atoms with Gasteiger partial charge in [-0.05, 0) is 53.5 Å². The van der Waals surface area contributed by atoms with E-state index < -0.39 is 18.2 Å². The number of aliphatic hydroxyl groups excluding tert-OH is 1. The number of nitrogens with one attached hydrogen (secondary N) is 1. The first kappa shape index (κ1) is 29.5. The molecule has 4 rings (SSSR count). The van der Waals surface area contributed by atoms with Crippen LogP contribution in [0, 0.1) is 5.82 Å². The molecule has 1 fully saturated rings. The summed E-state index contributed by atoms with van der Waals surface area (Å²) in [6.45, 7) is 12.1. The van der Waals surface area contributed by atoms with Crippen LogP contribution < -0.4 is 5.32 Å². The lowest BCUT2D eigenvalue weighted by molar-refractivity contribution is -0.160. The van der Waals surface area contributed by atoms with Crippen LogP contribution in [0.1, 0.15) is 50.3 Å². The maximum absolute atomic E-state index is 14.1. The topological polar surface area (TPSA) is 80.6 Å². The molecular formula is C34H35FN2O4. The summed E-state index contributed by atoms with van der Waals surface area (Å²) in [5.74, 6) is 1.29. The zero-order valence-electron chi connectivity index (χ0n) is 23.4. The van der Waals surface area contributed by atoms with E-state index in [4.69, 9.17) is 4.74 Å². The Morgan fingerprint density at radius 2 is 1.88 bits per heavy atom. The van der Waals surface area contributed by atoms with Gasteiger partial charge in [-0.3, -0.25) is 4.79 Å². The first-order valence-corrected chi connectivity index (χ1v) is 13.7. The number of rotatable bonds is 11. The second kappa shape index (κ2) is 13.3. The fraction of sp³-hybridized carbons (Fsp3) is 0.265. The van der Waals surface area contributed by atoms with Crippen LogP contribution in [0.5, 0.6) is 0 Å². The molecule has 0 amide bonds. The van der Waals surface area contributed by atoms with Crippen molar-refractivity contribution in [2.45, 2.75) is 57.8 Å². The van der Waals surface area contributed by atoms with E-state index in [0.717, 1.165) is 28.1 Å². The van der Waals surface area contributed by atoms with Crippen molar-refractivity contribution in [3.05, 3.63) is 109 Å². The van der Waals surface area contributed by atoms with Crippen LogP contribution in [0.3, 0.4) is 0 Å². The van der Waals surface area contributed by atoms with Crippen molar-refractivity contribution in [3.63, 3.8) is 0 Å². The SMILES string of the molecule is C=C/C=C(\C=C)NC(=C=O)c1c(-c2ccccc2)c(-c2ccc(F)cc2)n(CC[C@@H]2CC(O)CC(=O)O2)c1C(C)C. The third-order valence-corrected chi connectivity index (χ3v) is 7.08. The van der Waals surface area contributed by atoms with E-state index in [2.05, 4.69) is 29.0 Å². The number of hydrogen-bond donors (Lipinski definition) is 2. The van der Waals surface area contributed by atoms with Crippen molar-refractivity contribution in [1.82, 2.24) is 9.88 Å².